The maximum atomic E-state index is 10.1. The minimum absolute atomic E-state index is 0.324. The fourth-order valence-corrected chi connectivity index (χ4v) is 4.03. The third-order valence-electron chi connectivity index (χ3n) is 5.78. The highest BCUT2D eigenvalue weighted by atomic mass is 16.4. The average molecular weight is 439 g/mol. The van der Waals surface area contributed by atoms with E-state index in [1.165, 1.54) is 5.56 Å². The predicted octanol–water partition coefficient (Wildman–Crippen LogP) is 8.29. The van der Waals surface area contributed by atoms with Crippen LogP contribution < -0.4 is 0 Å². The first-order chi connectivity index (χ1) is 16.7. The smallest absolute Gasteiger partial charge is 0.238 e. The molecule has 34 heavy (non-hydrogen) atoms. The van der Waals surface area contributed by atoms with Crippen molar-refractivity contribution in [1.29, 1.82) is 5.26 Å². The number of hydrogen-bond acceptors (Lipinski definition) is 3. The van der Waals surface area contributed by atoms with Crippen LogP contribution in [0.3, 0.4) is 0 Å². The Morgan fingerprint density at radius 1 is 0.647 bits per heavy atom. The van der Waals surface area contributed by atoms with Gasteiger partial charge >= 0.3 is 0 Å². The van der Waals surface area contributed by atoms with E-state index in [0.717, 1.165) is 33.5 Å². The number of rotatable bonds is 5. The average Bonchev–Trinajstić information content (AvgIpc) is 3.28. The second kappa shape index (κ2) is 9.44. The van der Waals surface area contributed by atoms with Crippen LogP contribution in [-0.4, -0.2) is 5.71 Å². The van der Waals surface area contributed by atoms with E-state index in [0.29, 0.717) is 17.2 Å². The zero-order valence-corrected chi connectivity index (χ0v) is 18.8. The lowest BCUT2D eigenvalue weighted by molar-refractivity contribution is 0.592. The molecule has 5 rings (SSSR count). The molecule has 0 saturated carbocycles. The van der Waals surface area contributed by atoms with Crippen molar-refractivity contribution in [3.63, 3.8) is 0 Å². The van der Waals surface area contributed by atoms with Gasteiger partial charge in [-0.2, -0.15) is 5.26 Å². The number of aliphatic imine (C=N–C) groups is 1. The van der Waals surface area contributed by atoms with Crippen molar-refractivity contribution in [2.24, 2.45) is 4.99 Å². The van der Waals surface area contributed by atoms with Gasteiger partial charge in [0.05, 0.1) is 0 Å². The molecule has 0 bridgehead atoms. The Hall–Kier alpha value is -4.68. The third-order valence-corrected chi connectivity index (χ3v) is 5.78. The van der Waals surface area contributed by atoms with Gasteiger partial charge < -0.3 is 4.42 Å². The minimum atomic E-state index is 0.324. The van der Waals surface area contributed by atoms with Crippen molar-refractivity contribution >= 4 is 11.6 Å². The molecular weight excluding hydrogens is 416 g/mol. The van der Waals surface area contributed by atoms with Gasteiger partial charge in [0.1, 0.15) is 17.4 Å². The molecule has 0 radical (unpaired) electrons. The molecule has 0 atom stereocenters. The summed E-state index contributed by atoms with van der Waals surface area (Å²) < 4.78 is 6.25. The molecule has 5 aromatic rings. The molecule has 0 aliphatic rings. The third kappa shape index (κ3) is 4.18. The Morgan fingerprint density at radius 3 is 1.71 bits per heavy atom. The summed E-state index contributed by atoms with van der Waals surface area (Å²) in [6.07, 6.45) is 0. The summed E-state index contributed by atoms with van der Waals surface area (Å²) >= 11 is 0. The quantitative estimate of drug-likeness (QED) is 0.259. The fraction of sp³-hybridized carbons (Fsp3) is 0.0323. The van der Waals surface area contributed by atoms with Gasteiger partial charge in [-0.3, -0.25) is 0 Å². The summed E-state index contributed by atoms with van der Waals surface area (Å²) in [6.45, 7) is 1.94. The molecule has 0 unspecified atom stereocenters. The van der Waals surface area contributed by atoms with E-state index in [1.807, 2.05) is 97.9 Å². The highest BCUT2D eigenvalue weighted by molar-refractivity contribution is 6.01. The van der Waals surface area contributed by atoms with Crippen LogP contribution in [0.2, 0.25) is 0 Å². The summed E-state index contributed by atoms with van der Waals surface area (Å²) in [4.78, 5) is 4.76. The second-order valence-corrected chi connectivity index (χ2v) is 7.97. The summed E-state index contributed by atoms with van der Waals surface area (Å²) in [5, 5.41) is 10.1. The standard InChI is InChI=1S/C31H22N2O/c1-22(23-17-19-25(20-18-23)24-11-5-2-6-12-24)33-31-28(21-32)29(26-13-7-3-8-14-26)30(34-31)27-15-9-4-10-16-27/h2-20H,1H3. The van der Waals surface area contributed by atoms with Crippen LogP contribution in [-0.2, 0) is 0 Å². The first-order valence-electron chi connectivity index (χ1n) is 11.1. The van der Waals surface area contributed by atoms with Crippen molar-refractivity contribution in [3.8, 4) is 39.6 Å². The van der Waals surface area contributed by atoms with Crippen molar-refractivity contribution in [2.45, 2.75) is 6.92 Å². The second-order valence-electron chi connectivity index (χ2n) is 7.97. The van der Waals surface area contributed by atoms with Gasteiger partial charge in [-0.05, 0) is 29.2 Å². The maximum Gasteiger partial charge on any atom is 0.238 e. The van der Waals surface area contributed by atoms with Crippen LogP contribution in [0.1, 0.15) is 18.1 Å². The molecule has 3 heteroatoms. The Balaban J connectivity index is 1.59. The van der Waals surface area contributed by atoms with E-state index >= 15 is 0 Å². The lowest BCUT2D eigenvalue weighted by Gasteiger charge is -2.04. The van der Waals surface area contributed by atoms with Crippen LogP contribution >= 0.6 is 0 Å². The van der Waals surface area contributed by atoms with E-state index in [9.17, 15) is 5.26 Å². The molecule has 0 aliphatic heterocycles. The number of nitrogens with zero attached hydrogens (tertiary/aromatic N) is 2. The molecule has 0 N–H and O–H groups in total. The van der Waals surface area contributed by atoms with E-state index < -0.39 is 0 Å². The fourth-order valence-electron chi connectivity index (χ4n) is 4.03. The molecule has 0 aliphatic carbocycles. The summed E-state index contributed by atoms with van der Waals surface area (Å²) in [7, 11) is 0. The monoisotopic (exact) mass is 438 g/mol. The zero-order valence-electron chi connectivity index (χ0n) is 18.8. The van der Waals surface area contributed by atoms with Crippen LogP contribution in [0.5, 0.6) is 0 Å². The topological polar surface area (TPSA) is 49.3 Å². The molecule has 1 aromatic heterocycles. The van der Waals surface area contributed by atoms with Crippen LogP contribution in [0.4, 0.5) is 5.88 Å². The molecule has 4 aromatic carbocycles. The molecule has 1 heterocycles. The van der Waals surface area contributed by atoms with Crippen LogP contribution in [0, 0.1) is 11.3 Å². The summed E-state index contributed by atoms with van der Waals surface area (Å²) in [5.74, 6) is 0.971. The van der Waals surface area contributed by atoms with Crippen LogP contribution in [0.15, 0.2) is 125 Å². The van der Waals surface area contributed by atoms with Crippen molar-refractivity contribution in [1.82, 2.24) is 0 Å². The molecule has 0 saturated heterocycles. The molecular formula is C31H22N2O. The normalized spacial score (nSPS) is 11.2. The van der Waals surface area contributed by atoms with E-state index in [2.05, 4.69) is 30.3 Å². The highest BCUT2D eigenvalue weighted by Crippen LogP contribution is 2.42. The van der Waals surface area contributed by atoms with Crippen molar-refractivity contribution < 1.29 is 4.42 Å². The first-order valence-corrected chi connectivity index (χ1v) is 11.1. The Labute approximate surface area is 199 Å². The van der Waals surface area contributed by atoms with Gasteiger partial charge in [0, 0.05) is 16.8 Å². The zero-order chi connectivity index (χ0) is 23.3. The molecule has 0 fully saturated rings. The predicted molar refractivity (Wildman–Crippen MR) is 138 cm³/mol. The van der Waals surface area contributed by atoms with Gasteiger partial charge in [-0.25, -0.2) is 4.99 Å². The maximum absolute atomic E-state index is 10.1. The van der Waals surface area contributed by atoms with E-state index in [1.54, 1.807) is 0 Å². The van der Waals surface area contributed by atoms with Gasteiger partial charge in [-0.15, -0.1) is 0 Å². The molecule has 162 valence electrons. The van der Waals surface area contributed by atoms with Gasteiger partial charge in [-0.1, -0.05) is 115 Å². The largest absolute Gasteiger partial charge is 0.436 e. The van der Waals surface area contributed by atoms with Crippen molar-refractivity contribution in [2.75, 3.05) is 0 Å². The number of furan rings is 1. The molecule has 0 spiro atoms. The number of hydrogen-bond donors (Lipinski definition) is 0. The van der Waals surface area contributed by atoms with E-state index in [-0.39, 0.29) is 0 Å². The Kier molecular flexibility index (Phi) is 5.88. The minimum Gasteiger partial charge on any atom is -0.436 e. The van der Waals surface area contributed by atoms with Gasteiger partial charge in [0.2, 0.25) is 5.88 Å². The van der Waals surface area contributed by atoms with Crippen molar-refractivity contribution in [3.05, 3.63) is 126 Å². The molecule has 3 nitrogen and oxygen atoms in total. The lowest BCUT2D eigenvalue weighted by atomic mass is 9.98. The summed E-state index contributed by atoms with van der Waals surface area (Å²) in [6, 6.07) is 40.6. The van der Waals surface area contributed by atoms with Gasteiger partial charge in [0.15, 0.2) is 0 Å². The van der Waals surface area contributed by atoms with Gasteiger partial charge in [0.25, 0.3) is 0 Å². The Morgan fingerprint density at radius 2 is 1.15 bits per heavy atom. The summed E-state index contributed by atoms with van der Waals surface area (Å²) in [5.41, 5.74) is 7.10. The van der Waals surface area contributed by atoms with Crippen LogP contribution in [0.25, 0.3) is 33.6 Å². The first kappa shape index (κ1) is 21.2. The van der Waals surface area contributed by atoms with E-state index in [4.69, 9.17) is 9.41 Å². The molecule has 0 amide bonds. The SMILES string of the molecule is CC(=Nc1oc(-c2ccccc2)c(-c2ccccc2)c1C#N)c1ccc(-c2ccccc2)cc1. The number of benzene rings is 4. The highest BCUT2D eigenvalue weighted by Gasteiger charge is 2.23. The number of nitriles is 1. The lowest BCUT2D eigenvalue weighted by Crippen LogP contribution is -1.94. The Bertz CT molecular complexity index is 1470.